The zero-order valence-electron chi connectivity index (χ0n) is 12.1. The topological polar surface area (TPSA) is 49.4 Å². The summed E-state index contributed by atoms with van der Waals surface area (Å²) in [6, 6.07) is 6.10. The minimum Gasteiger partial charge on any atom is -0.354 e. The van der Waals surface area contributed by atoms with Crippen LogP contribution in [-0.2, 0) is 9.59 Å². The van der Waals surface area contributed by atoms with Crippen LogP contribution in [0, 0.1) is 11.7 Å². The van der Waals surface area contributed by atoms with Gasteiger partial charge in [0.05, 0.1) is 5.69 Å². The van der Waals surface area contributed by atoms with Crippen LogP contribution in [0.1, 0.15) is 27.2 Å². The average Bonchev–Trinajstić information content (AvgIpc) is 2.34. The number of benzene rings is 1. The maximum Gasteiger partial charge on any atom is 0.224 e. The summed E-state index contributed by atoms with van der Waals surface area (Å²) < 4.78 is 13.7. The van der Waals surface area contributed by atoms with Crippen molar-refractivity contribution in [3.05, 3.63) is 30.1 Å². The summed E-state index contributed by atoms with van der Waals surface area (Å²) in [5.74, 6) is -0.480. The lowest BCUT2D eigenvalue weighted by Gasteiger charge is -2.22. The molecule has 0 saturated carbocycles. The molecule has 2 amide bonds. The first kappa shape index (κ1) is 16.1. The molecule has 0 unspecified atom stereocenters. The first-order chi connectivity index (χ1) is 9.41. The second-order valence-corrected chi connectivity index (χ2v) is 5.07. The van der Waals surface area contributed by atoms with Crippen molar-refractivity contribution in [1.82, 2.24) is 5.32 Å². The summed E-state index contributed by atoms with van der Waals surface area (Å²) in [5.41, 5.74) is 0.234. The molecule has 0 saturated heterocycles. The second kappa shape index (κ2) is 7.62. The van der Waals surface area contributed by atoms with Crippen molar-refractivity contribution in [2.24, 2.45) is 5.92 Å². The number of nitrogens with zero attached hydrogens (tertiary/aromatic N) is 1. The maximum absolute atomic E-state index is 13.7. The number of carbonyl (C=O) groups excluding carboxylic acids is 2. The molecule has 0 bridgehead atoms. The standard InChI is InChI=1S/C15H21FN2O2/c1-11(2)10-15(20)17-8-9-18(12(3)19)14-7-5-4-6-13(14)16/h4-7,11H,8-10H2,1-3H3,(H,17,20). The Labute approximate surface area is 119 Å². The summed E-state index contributed by atoms with van der Waals surface area (Å²) in [6.07, 6.45) is 0.444. The number of hydrogen-bond donors (Lipinski definition) is 1. The van der Waals surface area contributed by atoms with Gasteiger partial charge in [-0.2, -0.15) is 0 Å². The van der Waals surface area contributed by atoms with Crippen molar-refractivity contribution < 1.29 is 14.0 Å². The summed E-state index contributed by atoms with van der Waals surface area (Å²) in [7, 11) is 0. The lowest BCUT2D eigenvalue weighted by atomic mass is 10.1. The summed E-state index contributed by atoms with van der Waals surface area (Å²) >= 11 is 0. The van der Waals surface area contributed by atoms with E-state index in [0.29, 0.717) is 13.0 Å². The highest BCUT2D eigenvalue weighted by Gasteiger charge is 2.15. The van der Waals surface area contributed by atoms with Crippen LogP contribution in [-0.4, -0.2) is 24.9 Å². The monoisotopic (exact) mass is 280 g/mol. The fraction of sp³-hybridized carbons (Fsp3) is 0.467. The number of anilines is 1. The van der Waals surface area contributed by atoms with Gasteiger partial charge in [0.15, 0.2) is 0 Å². The van der Waals surface area contributed by atoms with Gasteiger partial charge >= 0.3 is 0 Å². The molecular formula is C15H21FN2O2. The van der Waals surface area contributed by atoms with E-state index < -0.39 is 5.82 Å². The Hall–Kier alpha value is -1.91. The zero-order chi connectivity index (χ0) is 15.1. The van der Waals surface area contributed by atoms with Gasteiger partial charge in [0.2, 0.25) is 11.8 Å². The Balaban J connectivity index is 2.60. The van der Waals surface area contributed by atoms with E-state index in [1.807, 2.05) is 13.8 Å². The predicted molar refractivity (Wildman–Crippen MR) is 76.9 cm³/mol. The molecule has 1 N–H and O–H groups in total. The highest BCUT2D eigenvalue weighted by Crippen LogP contribution is 2.18. The predicted octanol–water partition coefficient (Wildman–Crippen LogP) is 2.34. The quantitative estimate of drug-likeness (QED) is 0.869. The molecule has 1 aromatic carbocycles. The molecule has 4 nitrogen and oxygen atoms in total. The van der Waals surface area contributed by atoms with E-state index in [0.717, 1.165) is 0 Å². The van der Waals surface area contributed by atoms with Gasteiger partial charge in [-0.3, -0.25) is 9.59 Å². The van der Waals surface area contributed by atoms with Crippen LogP contribution >= 0.6 is 0 Å². The van der Waals surface area contributed by atoms with Crippen LogP contribution < -0.4 is 10.2 Å². The molecule has 0 fully saturated rings. The molecule has 0 atom stereocenters. The molecule has 1 aromatic rings. The van der Waals surface area contributed by atoms with Gasteiger partial charge in [0.25, 0.3) is 0 Å². The maximum atomic E-state index is 13.7. The third kappa shape index (κ3) is 4.99. The molecule has 20 heavy (non-hydrogen) atoms. The Morgan fingerprint density at radius 1 is 1.30 bits per heavy atom. The van der Waals surface area contributed by atoms with E-state index in [2.05, 4.69) is 5.32 Å². The van der Waals surface area contributed by atoms with Gasteiger partial charge in [0, 0.05) is 26.4 Å². The van der Waals surface area contributed by atoms with Gasteiger partial charge in [-0.15, -0.1) is 0 Å². The third-order valence-corrected chi connectivity index (χ3v) is 2.77. The van der Waals surface area contributed by atoms with E-state index in [-0.39, 0.29) is 30.0 Å². The number of nitrogens with one attached hydrogen (secondary N) is 1. The first-order valence-corrected chi connectivity index (χ1v) is 6.71. The van der Waals surface area contributed by atoms with Crippen molar-refractivity contribution in [1.29, 1.82) is 0 Å². The van der Waals surface area contributed by atoms with E-state index in [1.54, 1.807) is 18.2 Å². The molecule has 0 aliphatic rings. The SMILES string of the molecule is CC(=O)N(CCNC(=O)CC(C)C)c1ccccc1F. The average molecular weight is 280 g/mol. The molecule has 110 valence electrons. The Kier molecular flexibility index (Phi) is 6.15. The number of rotatable bonds is 6. The van der Waals surface area contributed by atoms with E-state index >= 15 is 0 Å². The Morgan fingerprint density at radius 2 is 1.95 bits per heavy atom. The number of halogens is 1. The minimum absolute atomic E-state index is 0.0583. The molecule has 0 radical (unpaired) electrons. The third-order valence-electron chi connectivity index (χ3n) is 2.77. The zero-order valence-corrected chi connectivity index (χ0v) is 12.1. The Bertz CT molecular complexity index is 475. The molecule has 0 aromatic heterocycles. The largest absolute Gasteiger partial charge is 0.354 e. The van der Waals surface area contributed by atoms with Gasteiger partial charge in [-0.05, 0) is 18.1 Å². The van der Waals surface area contributed by atoms with Crippen molar-refractivity contribution in [2.75, 3.05) is 18.0 Å². The van der Waals surface area contributed by atoms with E-state index in [9.17, 15) is 14.0 Å². The van der Waals surface area contributed by atoms with Crippen molar-refractivity contribution in [2.45, 2.75) is 27.2 Å². The molecule has 0 spiro atoms. The van der Waals surface area contributed by atoms with Crippen molar-refractivity contribution >= 4 is 17.5 Å². The van der Waals surface area contributed by atoms with Crippen LogP contribution in [0.2, 0.25) is 0 Å². The summed E-state index contributed by atoms with van der Waals surface area (Å²) in [6.45, 7) is 5.85. The lowest BCUT2D eigenvalue weighted by molar-refractivity contribution is -0.122. The minimum atomic E-state index is -0.448. The van der Waals surface area contributed by atoms with Crippen LogP contribution in [0.4, 0.5) is 10.1 Å². The van der Waals surface area contributed by atoms with Crippen molar-refractivity contribution in [3.63, 3.8) is 0 Å². The smallest absolute Gasteiger partial charge is 0.224 e. The number of para-hydroxylation sites is 1. The fourth-order valence-corrected chi connectivity index (χ4v) is 1.87. The van der Waals surface area contributed by atoms with E-state index in [1.165, 1.54) is 17.9 Å². The molecular weight excluding hydrogens is 259 g/mol. The van der Waals surface area contributed by atoms with E-state index in [4.69, 9.17) is 0 Å². The molecule has 1 rings (SSSR count). The van der Waals surface area contributed by atoms with Crippen LogP contribution in [0.25, 0.3) is 0 Å². The second-order valence-electron chi connectivity index (χ2n) is 5.07. The van der Waals surface area contributed by atoms with Crippen LogP contribution in [0.5, 0.6) is 0 Å². The lowest BCUT2D eigenvalue weighted by Crippen LogP contribution is -2.38. The summed E-state index contributed by atoms with van der Waals surface area (Å²) in [4.78, 5) is 24.4. The molecule has 0 aliphatic carbocycles. The normalized spacial score (nSPS) is 10.4. The molecule has 5 heteroatoms. The van der Waals surface area contributed by atoms with Gasteiger partial charge in [-0.25, -0.2) is 4.39 Å². The van der Waals surface area contributed by atoms with Crippen molar-refractivity contribution in [3.8, 4) is 0 Å². The Morgan fingerprint density at radius 3 is 2.50 bits per heavy atom. The molecule has 0 aliphatic heterocycles. The highest BCUT2D eigenvalue weighted by molar-refractivity contribution is 5.91. The number of carbonyl (C=O) groups is 2. The molecule has 0 heterocycles. The highest BCUT2D eigenvalue weighted by atomic mass is 19.1. The first-order valence-electron chi connectivity index (χ1n) is 6.71. The van der Waals surface area contributed by atoms with Gasteiger partial charge in [-0.1, -0.05) is 26.0 Å². The van der Waals surface area contributed by atoms with Crippen LogP contribution in [0.15, 0.2) is 24.3 Å². The van der Waals surface area contributed by atoms with Crippen LogP contribution in [0.3, 0.4) is 0 Å². The summed E-state index contributed by atoms with van der Waals surface area (Å²) in [5, 5.41) is 2.73. The van der Waals surface area contributed by atoms with Gasteiger partial charge < -0.3 is 10.2 Å². The number of amides is 2. The number of hydrogen-bond acceptors (Lipinski definition) is 2. The fourth-order valence-electron chi connectivity index (χ4n) is 1.87. The van der Waals surface area contributed by atoms with Gasteiger partial charge in [0.1, 0.15) is 5.82 Å².